The van der Waals surface area contributed by atoms with Crippen LogP contribution >= 0.6 is 0 Å². The van der Waals surface area contributed by atoms with Crippen LogP contribution < -0.4 is 82.4 Å². The second-order valence-electron chi connectivity index (χ2n) is 35.0. The molecule has 0 saturated carbocycles. The van der Waals surface area contributed by atoms with Gasteiger partial charge in [0.2, 0.25) is 5.91 Å². The lowest BCUT2D eigenvalue weighted by atomic mass is 9.74. The van der Waals surface area contributed by atoms with Crippen LogP contribution in [0.2, 0.25) is 0 Å². The third-order valence-corrected chi connectivity index (χ3v) is 23.5. The minimum atomic E-state index is -1.26. The lowest BCUT2D eigenvalue weighted by molar-refractivity contribution is -0.150. The number of aliphatic carboxylic acids is 1. The maximum absolute atomic E-state index is 14.5. The molecule has 0 aliphatic carbocycles. The Bertz CT molecular complexity index is 5950. The number of unbranched alkanes of at least 4 members (excludes halogenated alkanes) is 1. The van der Waals surface area contributed by atoms with E-state index in [-0.39, 0.29) is 128 Å². The zero-order valence-corrected chi connectivity index (χ0v) is 82.8. The van der Waals surface area contributed by atoms with Gasteiger partial charge in [-0.3, -0.25) is 68.3 Å². The number of amides is 8. The van der Waals surface area contributed by atoms with Crippen LogP contribution in [0.25, 0.3) is 65.4 Å². The third-order valence-electron chi connectivity index (χ3n) is 23.5. The standard InChI is InChI=1S/C53H60N8O7.C50H52N6O8.C9H20N2O2/c1-4-34-66-46-40(20-17-37-14-7-27-55-43(37)46)49(62)58-30-10-23-53(52(65)61-33-13-26-54,24-11-31-59-50(63)41-21-18-38-15-8-28-56-44(38)47(41)67-35-5-2)25-12-32-60-51(64)42-22-19-39-16-9-29-57-45(39)48(42)68-36-6-3;1-4-31-62-43-37(19-16-34-13-7-25-51-40(34)43)46(57)54-28-10-22-50(49(60)61,23-11-29-55-47(58)38-20-17-35-14-8-26-52-41(35)44(38)63-32-5-2)24-12-30-56-48(59)39-21-18-36-15-9-27-53-42(36)45(39)64-33-6-3;1-9(2,3)13-8(12)11-7-5-4-6-10/h4-9,14-22,27-29H,1-3,10-13,23-26,30-36,54H2,(H,58,62)(H,59,63)(H,60,64)(H,61,65);4-9,13-21,25-27H,1-3,10-12,22-24,28-33H2,(H,54,57)(H,55,58)(H,56,59)(H,60,61);4-7,10H2,1-3H3,(H,11,12). The molecule has 6 aromatic carbocycles. The van der Waals surface area contributed by atoms with Gasteiger partial charge in [0.25, 0.3) is 35.4 Å². The molecule has 762 valence electrons. The Labute approximate surface area is 844 Å². The lowest BCUT2D eigenvalue weighted by Gasteiger charge is -2.33. The van der Waals surface area contributed by atoms with Gasteiger partial charge in [-0.25, -0.2) is 4.79 Å². The molecule has 0 radical (unpaired) electrons. The number of ether oxygens (including phenoxy) is 7. The summed E-state index contributed by atoms with van der Waals surface area (Å²) in [5.74, 6) is -1.33. The number of carbonyl (C=O) groups is 9. The zero-order valence-electron chi connectivity index (χ0n) is 82.8. The number of fused-ring (bicyclic) bond motifs is 6. The highest BCUT2D eigenvalue weighted by atomic mass is 16.6. The summed E-state index contributed by atoms with van der Waals surface area (Å²) in [6.45, 7) is 32.3. The first-order valence-electron chi connectivity index (χ1n) is 48.7. The number of carboxylic acids is 1. The zero-order chi connectivity index (χ0) is 104. The van der Waals surface area contributed by atoms with Crippen LogP contribution in [0.3, 0.4) is 0 Å². The maximum Gasteiger partial charge on any atom is 0.407 e. The molecule has 33 heteroatoms. The minimum absolute atomic E-state index is 0.169. The Kier molecular flexibility index (Phi) is 44.2. The molecule has 13 N–H and O–H groups in total. The minimum Gasteiger partial charge on any atom is -0.486 e. The molecule has 6 heterocycles. The number of nitrogens with one attached hydrogen (secondary N) is 8. The molecule has 0 aliphatic heterocycles. The lowest BCUT2D eigenvalue weighted by Crippen LogP contribution is -2.43. The van der Waals surface area contributed by atoms with Crippen LogP contribution in [-0.4, -0.2) is 199 Å². The summed E-state index contributed by atoms with van der Waals surface area (Å²) < 4.78 is 40.6. The van der Waals surface area contributed by atoms with Crippen molar-refractivity contribution in [2.45, 2.75) is 123 Å². The second kappa shape index (κ2) is 57.8. The highest BCUT2D eigenvalue weighted by Gasteiger charge is 2.39. The molecule has 0 fully saturated rings. The summed E-state index contributed by atoms with van der Waals surface area (Å²) in [5, 5.41) is 39.4. The molecule has 0 unspecified atom stereocenters. The number of carboxylic acid groups (broad SMARTS) is 1. The summed E-state index contributed by atoms with van der Waals surface area (Å²) >= 11 is 0. The second-order valence-corrected chi connectivity index (χ2v) is 35.0. The first-order chi connectivity index (χ1) is 70.4. The number of nitrogens with zero attached hydrogens (tertiary/aromatic N) is 6. The van der Waals surface area contributed by atoms with Crippen molar-refractivity contribution in [3.05, 3.63) is 292 Å². The maximum atomic E-state index is 14.5. The number of benzene rings is 6. The van der Waals surface area contributed by atoms with E-state index >= 15 is 0 Å². The van der Waals surface area contributed by atoms with Gasteiger partial charge in [0.1, 0.15) is 78.3 Å². The van der Waals surface area contributed by atoms with E-state index in [0.717, 1.165) is 45.2 Å². The smallest absolute Gasteiger partial charge is 0.407 e. The predicted octanol–water partition coefficient (Wildman–Crippen LogP) is 16.7. The molecule has 0 spiro atoms. The number of aromatic nitrogens is 6. The Morgan fingerprint density at radius 3 is 0.710 bits per heavy atom. The molecule has 12 aromatic rings. The van der Waals surface area contributed by atoms with Crippen LogP contribution in [0.5, 0.6) is 34.5 Å². The van der Waals surface area contributed by atoms with Crippen LogP contribution in [0.4, 0.5) is 4.79 Å². The van der Waals surface area contributed by atoms with Gasteiger partial charge in [0.15, 0.2) is 34.5 Å². The summed E-state index contributed by atoms with van der Waals surface area (Å²) in [6.07, 6.45) is 25.5. The SMILES string of the molecule is C=CCOc1c(C(=O)NCCCC(CCCNC(=O)c2ccc3cccnc3c2OCC=C)(CCCNC(=O)c2ccc3cccnc3c2OCC=C)C(=O)NCCCN)ccc2cccnc12.C=CCOc1c(C(=O)NCCCC(CCCNC(=O)c2ccc3cccnc3c2OCC=C)(CCCNC(=O)c2ccc3cccnc3c2OCC=C)C(=O)O)ccc2cccnc12.CC(C)(C)OC(=O)NCCCCN. The molecule has 12 rings (SSSR count). The Hall–Kier alpha value is -16.0. The molecule has 8 amide bonds. The van der Waals surface area contributed by atoms with Crippen molar-refractivity contribution in [2.75, 3.05) is 105 Å². The number of nitrogens with two attached hydrogens (primary N) is 2. The average Bonchev–Trinajstić information content (AvgIpc) is 0.803. The molecule has 0 atom stereocenters. The molecular weight excluding hydrogens is 1840 g/mol. The van der Waals surface area contributed by atoms with Gasteiger partial charge >= 0.3 is 12.1 Å². The van der Waals surface area contributed by atoms with Crippen molar-refractivity contribution in [2.24, 2.45) is 22.3 Å². The Balaban J connectivity index is 0.000000265. The van der Waals surface area contributed by atoms with Gasteiger partial charge in [-0.05, 0) is 203 Å². The summed E-state index contributed by atoms with van der Waals surface area (Å²) in [5.41, 5.74) is 13.7. The van der Waals surface area contributed by atoms with E-state index in [1.54, 1.807) is 146 Å². The van der Waals surface area contributed by atoms with E-state index < -0.39 is 40.1 Å². The number of rotatable bonds is 57. The van der Waals surface area contributed by atoms with E-state index in [4.69, 9.17) is 44.6 Å². The summed E-state index contributed by atoms with van der Waals surface area (Å²) in [6, 6.07) is 43.2. The van der Waals surface area contributed by atoms with Crippen molar-refractivity contribution in [1.82, 2.24) is 72.4 Å². The van der Waals surface area contributed by atoms with Crippen LogP contribution in [0.15, 0.2) is 259 Å². The van der Waals surface area contributed by atoms with Crippen molar-refractivity contribution < 1.29 is 81.4 Å². The molecule has 6 aromatic heterocycles. The normalized spacial score (nSPS) is 11.1. The third kappa shape index (κ3) is 32.0. The van der Waals surface area contributed by atoms with Crippen LogP contribution in [0, 0.1) is 10.8 Å². The van der Waals surface area contributed by atoms with Gasteiger partial charge in [0, 0.05) is 127 Å². The first kappa shape index (κ1) is 111. The predicted molar refractivity (Wildman–Crippen MR) is 566 cm³/mol. The molecule has 0 bridgehead atoms. The largest absolute Gasteiger partial charge is 0.486 e. The van der Waals surface area contributed by atoms with Gasteiger partial charge in [0.05, 0.1) is 38.8 Å². The van der Waals surface area contributed by atoms with Crippen LogP contribution in [0.1, 0.15) is 179 Å². The van der Waals surface area contributed by atoms with Gasteiger partial charge < -0.3 is 92.3 Å². The molecule has 145 heavy (non-hydrogen) atoms. The quantitative estimate of drug-likeness (QED) is 0.0125. The highest BCUT2D eigenvalue weighted by molar-refractivity contribution is 6.07. The van der Waals surface area contributed by atoms with E-state index in [9.17, 15) is 48.3 Å². The fourth-order valence-corrected chi connectivity index (χ4v) is 16.5. The number of alkyl carbamates (subject to hydrolysis) is 1. The fourth-order valence-electron chi connectivity index (χ4n) is 16.5. The number of hydrogen-bond acceptors (Lipinski definition) is 24. The van der Waals surface area contributed by atoms with Crippen LogP contribution in [-0.2, 0) is 14.3 Å². The summed E-state index contributed by atoms with van der Waals surface area (Å²) in [7, 11) is 0. The molecule has 33 nitrogen and oxygen atoms in total. The van der Waals surface area contributed by atoms with Gasteiger partial charge in [-0.1, -0.05) is 149 Å². The van der Waals surface area contributed by atoms with Crippen molar-refractivity contribution in [3.63, 3.8) is 0 Å². The Morgan fingerprint density at radius 1 is 0.290 bits per heavy atom. The van der Waals surface area contributed by atoms with E-state index in [1.807, 2.05) is 93.6 Å². The van der Waals surface area contributed by atoms with Gasteiger partial charge in [-0.2, -0.15) is 0 Å². The topological polar surface area (TPSA) is 464 Å². The monoisotopic (exact) mass is 1970 g/mol. The molecule has 0 saturated heterocycles. The van der Waals surface area contributed by atoms with Crippen molar-refractivity contribution in [3.8, 4) is 34.5 Å². The number of carbonyl (C=O) groups excluding carboxylic acids is 8. The number of pyridine rings is 6. The summed E-state index contributed by atoms with van der Waals surface area (Å²) in [4.78, 5) is 147. The van der Waals surface area contributed by atoms with Crippen molar-refractivity contribution >= 4 is 119 Å². The first-order valence-corrected chi connectivity index (χ1v) is 48.7. The molecule has 0 aliphatic rings. The fraction of sp³-hybridized carbons (Fsp3) is 0.330. The Morgan fingerprint density at radius 2 is 0.503 bits per heavy atom. The van der Waals surface area contributed by atoms with E-state index in [0.29, 0.717) is 191 Å². The van der Waals surface area contributed by atoms with E-state index in [1.165, 1.54) is 0 Å². The highest BCUT2D eigenvalue weighted by Crippen LogP contribution is 2.40. The van der Waals surface area contributed by atoms with Gasteiger partial charge in [-0.15, -0.1) is 0 Å². The van der Waals surface area contributed by atoms with Crippen molar-refractivity contribution in [1.29, 1.82) is 0 Å². The molecular formula is C112H132N16O17. The van der Waals surface area contributed by atoms with E-state index in [2.05, 4.69) is 112 Å². The average molecular weight is 1970 g/mol. The number of hydrogen-bond donors (Lipinski definition) is 11.